The highest BCUT2D eigenvalue weighted by Gasteiger charge is 2.31. The Morgan fingerprint density at radius 3 is 2.46 bits per heavy atom. The van der Waals surface area contributed by atoms with E-state index in [0.717, 1.165) is 29.5 Å². The zero-order chi connectivity index (χ0) is 20.5. The highest BCUT2D eigenvalue weighted by molar-refractivity contribution is 7.14. The summed E-state index contributed by atoms with van der Waals surface area (Å²) in [5, 5.41) is 7.75. The summed E-state index contributed by atoms with van der Waals surface area (Å²) in [7, 11) is 0. The van der Waals surface area contributed by atoms with Crippen molar-refractivity contribution in [1.82, 2.24) is 4.98 Å². The molecule has 2 aromatic carbocycles. The fourth-order valence-corrected chi connectivity index (χ4v) is 3.37. The Morgan fingerprint density at radius 1 is 1.14 bits per heavy atom. The summed E-state index contributed by atoms with van der Waals surface area (Å²) < 4.78 is 38.5. The molecule has 0 aliphatic carbocycles. The first-order chi connectivity index (χ1) is 13.1. The summed E-state index contributed by atoms with van der Waals surface area (Å²) in [4.78, 5) is 16.4. The molecule has 3 rings (SSSR count). The highest BCUT2D eigenvalue weighted by atomic mass is 35.5. The predicted octanol–water partition coefficient (Wildman–Crippen LogP) is 6.05. The van der Waals surface area contributed by atoms with E-state index in [1.54, 1.807) is 18.2 Å². The molecule has 0 spiro atoms. The van der Waals surface area contributed by atoms with Gasteiger partial charge in [0.2, 0.25) is 0 Å². The molecule has 3 aromatic rings. The maximum atomic E-state index is 12.8. The van der Waals surface area contributed by atoms with E-state index in [9.17, 15) is 18.0 Å². The van der Waals surface area contributed by atoms with Gasteiger partial charge in [-0.15, -0.1) is 11.3 Å². The number of nitrogen functional groups attached to an aromatic ring is 1. The molecule has 0 fully saturated rings. The van der Waals surface area contributed by atoms with E-state index in [1.807, 2.05) is 0 Å². The second-order valence-electron chi connectivity index (χ2n) is 5.51. The molecule has 1 aromatic heterocycles. The van der Waals surface area contributed by atoms with Gasteiger partial charge < -0.3 is 16.4 Å². The zero-order valence-electron chi connectivity index (χ0n) is 13.8. The topological polar surface area (TPSA) is 80.0 Å². The Bertz CT molecular complexity index is 1020. The molecular weight excluding hydrogens is 436 g/mol. The third-order valence-electron chi connectivity index (χ3n) is 3.56. The first-order valence-electron chi connectivity index (χ1n) is 7.60. The monoisotopic (exact) mass is 446 g/mol. The van der Waals surface area contributed by atoms with E-state index in [2.05, 4.69) is 15.6 Å². The third-order valence-corrected chi connectivity index (χ3v) is 4.95. The van der Waals surface area contributed by atoms with E-state index >= 15 is 0 Å². The normalized spacial score (nSPS) is 11.3. The van der Waals surface area contributed by atoms with Crippen molar-refractivity contribution in [1.29, 1.82) is 0 Å². The van der Waals surface area contributed by atoms with Gasteiger partial charge >= 0.3 is 6.18 Å². The van der Waals surface area contributed by atoms with Crippen LogP contribution in [0.4, 0.5) is 35.4 Å². The summed E-state index contributed by atoms with van der Waals surface area (Å²) in [6, 6.07) is 7.62. The van der Waals surface area contributed by atoms with Gasteiger partial charge in [0.05, 0.1) is 32.7 Å². The van der Waals surface area contributed by atoms with Gasteiger partial charge in [-0.1, -0.05) is 29.3 Å². The molecule has 0 unspecified atom stereocenters. The van der Waals surface area contributed by atoms with Gasteiger partial charge in [0.15, 0.2) is 5.13 Å². The number of para-hydroxylation sites is 1. The van der Waals surface area contributed by atoms with Crippen LogP contribution in [-0.4, -0.2) is 10.9 Å². The van der Waals surface area contributed by atoms with Crippen molar-refractivity contribution in [3.05, 3.63) is 63.1 Å². The number of halogens is 5. The minimum absolute atomic E-state index is 0.00206. The Labute approximate surface area is 171 Å². The third kappa shape index (κ3) is 4.49. The zero-order valence-corrected chi connectivity index (χ0v) is 16.1. The van der Waals surface area contributed by atoms with E-state index in [0.29, 0.717) is 20.9 Å². The molecule has 28 heavy (non-hydrogen) atoms. The smallest absolute Gasteiger partial charge is 0.397 e. The maximum absolute atomic E-state index is 12.8. The quantitative estimate of drug-likeness (QED) is 0.426. The number of nitrogens with one attached hydrogen (secondary N) is 2. The number of anilines is 4. The van der Waals surface area contributed by atoms with Crippen molar-refractivity contribution >= 4 is 62.6 Å². The summed E-state index contributed by atoms with van der Waals surface area (Å²) in [5.41, 5.74) is 4.99. The number of carbonyl (C=O) groups is 1. The number of carbonyl (C=O) groups excluding carboxylic acids is 1. The van der Waals surface area contributed by atoms with Gasteiger partial charge in [-0.2, -0.15) is 13.2 Å². The number of benzene rings is 2. The minimum Gasteiger partial charge on any atom is -0.397 e. The number of thiazole rings is 1. The second kappa shape index (κ2) is 7.86. The van der Waals surface area contributed by atoms with Crippen molar-refractivity contribution in [2.24, 2.45) is 0 Å². The van der Waals surface area contributed by atoms with Crippen LogP contribution in [0.3, 0.4) is 0 Å². The first-order valence-corrected chi connectivity index (χ1v) is 9.23. The average Bonchev–Trinajstić information content (AvgIpc) is 3.08. The largest absolute Gasteiger partial charge is 0.416 e. The van der Waals surface area contributed by atoms with E-state index < -0.39 is 17.6 Å². The van der Waals surface area contributed by atoms with Crippen molar-refractivity contribution in [2.45, 2.75) is 6.18 Å². The number of hydrogen-bond acceptors (Lipinski definition) is 5. The molecule has 0 aliphatic heterocycles. The van der Waals surface area contributed by atoms with Crippen LogP contribution in [0.2, 0.25) is 10.0 Å². The molecule has 146 valence electrons. The van der Waals surface area contributed by atoms with Crippen molar-refractivity contribution in [3.8, 4) is 0 Å². The van der Waals surface area contributed by atoms with Gasteiger partial charge in [0, 0.05) is 5.38 Å². The Balaban J connectivity index is 1.78. The Morgan fingerprint density at radius 2 is 1.82 bits per heavy atom. The second-order valence-corrected chi connectivity index (χ2v) is 7.19. The predicted molar refractivity (Wildman–Crippen MR) is 106 cm³/mol. The SMILES string of the molecule is Nc1ccc(C(F)(F)F)cc1NC(=O)c1csc(Nc2c(Cl)cccc2Cl)n1. The molecule has 0 saturated carbocycles. The van der Waals surface area contributed by atoms with Crippen LogP contribution in [0.15, 0.2) is 41.8 Å². The number of amides is 1. The lowest BCUT2D eigenvalue weighted by atomic mass is 10.1. The molecule has 5 nitrogen and oxygen atoms in total. The van der Waals surface area contributed by atoms with Crippen LogP contribution in [0, 0.1) is 0 Å². The van der Waals surface area contributed by atoms with Gasteiger partial charge in [0.25, 0.3) is 5.91 Å². The van der Waals surface area contributed by atoms with E-state index in [1.165, 1.54) is 5.38 Å². The molecule has 1 heterocycles. The molecule has 4 N–H and O–H groups in total. The van der Waals surface area contributed by atoms with Crippen LogP contribution < -0.4 is 16.4 Å². The van der Waals surface area contributed by atoms with Crippen LogP contribution in [0.1, 0.15) is 16.1 Å². The number of nitrogens with zero attached hydrogens (tertiary/aromatic N) is 1. The van der Waals surface area contributed by atoms with Crippen LogP contribution in [0.25, 0.3) is 0 Å². The summed E-state index contributed by atoms with van der Waals surface area (Å²) in [6.45, 7) is 0. The van der Waals surface area contributed by atoms with E-state index in [-0.39, 0.29) is 17.1 Å². The van der Waals surface area contributed by atoms with Crippen LogP contribution >= 0.6 is 34.5 Å². The Hall–Kier alpha value is -2.49. The molecule has 11 heteroatoms. The molecule has 1 amide bonds. The number of rotatable bonds is 4. The number of alkyl halides is 3. The molecule has 0 bridgehead atoms. The fourth-order valence-electron chi connectivity index (χ4n) is 2.19. The molecule has 0 saturated heterocycles. The summed E-state index contributed by atoms with van der Waals surface area (Å²) in [6.07, 6.45) is -4.56. The standard InChI is InChI=1S/C17H11Cl2F3N4OS/c18-9-2-1-3-10(19)14(9)26-16-25-13(7-28-16)15(27)24-12-6-8(17(20,21)22)4-5-11(12)23/h1-7H,23H2,(H,24,27)(H,25,26). The molecule has 0 atom stereocenters. The highest BCUT2D eigenvalue weighted by Crippen LogP contribution is 2.35. The van der Waals surface area contributed by atoms with E-state index in [4.69, 9.17) is 28.9 Å². The lowest BCUT2D eigenvalue weighted by molar-refractivity contribution is -0.137. The molecule has 0 aliphatic rings. The first kappa shape index (κ1) is 20.2. The molecular formula is C17H11Cl2F3N4OS. The number of aromatic nitrogens is 1. The van der Waals surface area contributed by atoms with Crippen molar-refractivity contribution in [3.63, 3.8) is 0 Å². The van der Waals surface area contributed by atoms with Crippen molar-refractivity contribution in [2.75, 3.05) is 16.4 Å². The average molecular weight is 447 g/mol. The fraction of sp³-hybridized carbons (Fsp3) is 0.0588. The van der Waals surface area contributed by atoms with Gasteiger partial charge in [-0.3, -0.25) is 4.79 Å². The van der Waals surface area contributed by atoms with Gasteiger partial charge in [0.1, 0.15) is 5.69 Å². The summed E-state index contributed by atoms with van der Waals surface area (Å²) >= 11 is 13.2. The Kier molecular flexibility index (Phi) is 5.69. The van der Waals surface area contributed by atoms with Crippen LogP contribution in [0.5, 0.6) is 0 Å². The molecule has 0 radical (unpaired) electrons. The maximum Gasteiger partial charge on any atom is 0.416 e. The van der Waals surface area contributed by atoms with Crippen molar-refractivity contribution < 1.29 is 18.0 Å². The minimum atomic E-state index is -4.56. The number of nitrogens with two attached hydrogens (primary N) is 1. The number of hydrogen-bond donors (Lipinski definition) is 3. The van der Waals surface area contributed by atoms with Gasteiger partial charge in [-0.05, 0) is 30.3 Å². The van der Waals surface area contributed by atoms with Crippen LogP contribution in [-0.2, 0) is 6.18 Å². The van der Waals surface area contributed by atoms with Gasteiger partial charge in [-0.25, -0.2) is 4.98 Å². The lowest BCUT2D eigenvalue weighted by Crippen LogP contribution is -2.15. The lowest BCUT2D eigenvalue weighted by Gasteiger charge is -2.11. The summed E-state index contributed by atoms with van der Waals surface area (Å²) in [5.74, 6) is -0.708.